The van der Waals surface area contributed by atoms with Crippen molar-refractivity contribution in [1.82, 2.24) is 25.1 Å². The Balaban J connectivity index is 1.80. The van der Waals surface area contributed by atoms with E-state index in [0.29, 0.717) is 33.2 Å². The first-order chi connectivity index (χ1) is 11.1. The molecular formula is C11H14N6O3S3. The molecule has 0 saturated heterocycles. The maximum atomic E-state index is 12.0. The second kappa shape index (κ2) is 8.86. The van der Waals surface area contributed by atoms with Gasteiger partial charge in [-0.25, -0.2) is 0 Å². The third kappa shape index (κ3) is 5.49. The highest BCUT2D eigenvalue weighted by molar-refractivity contribution is 8.01. The fourth-order valence-electron chi connectivity index (χ4n) is 1.38. The van der Waals surface area contributed by atoms with Gasteiger partial charge in [0, 0.05) is 13.7 Å². The predicted molar refractivity (Wildman–Crippen MR) is 88.1 cm³/mol. The van der Waals surface area contributed by atoms with Crippen LogP contribution in [0, 0.1) is 6.92 Å². The molecule has 12 heteroatoms. The van der Waals surface area contributed by atoms with Crippen LogP contribution in [-0.4, -0.2) is 57.6 Å². The Hall–Kier alpha value is -1.63. The number of aromatic nitrogens is 4. The maximum Gasteiger partial charge on any atom is 0.271 e. The van der Waals surface area contributed by atoms with E-state index in [2.05, 4.69) is 30.4 Å². The number of carbonyl (C=O) groups is 2. The van der Waals surface area contributed by atoms with Crippen LogP contribution in [0.4, 0.5) is 5.13 Å². The van der Waals surface area contributed by atoms with Gasteiger partial charge in [-0.2, -0.15) is 0 Å². The third-order valence-corrected chi connectivity index (χ3v) is 5.24. The molecular weight excluding hydrogens is 360 g/mol. The number of nitrogens with one attached hydrogen (secondary N) is 2. The van der Waals surface area contributed by atoms with Crippen LogP contribution in [0.1, 0.15) is 15.4 Å². The number of amides is 2. The van der Waals surface area contributed by atoms with Gasteiger partial charge in [0.1, 0.15) is 4.88 Å². The van der Waals surface area contributed by atoms with Crippen LogP contribution in [0.5, 0.6) is 0 Å². The fourth-order valence-corrected chi connectivity index (χ4v) is 3.51. The normalized spacial score (nSPS) is 10.5. The predicted octanol–water partition coefficient (Wildman–Crippen LogP) is 0.805. The molecule has 2 heterocycles. The standard InChI is InChI=1S/C11H14N6O3S3/c1-6-8(23-17-14-6)9(19)13-10-15-16-11(22-10)21-5-7(18)12-3-4-20-2/h3-5H2,1-2H3,(H,12,18)(H,13,15,19). The van der Waals surface area contributed by atoms with Crippen molar-refractivity contribution in [2.75, 3.05) is 31.3 Å². The lowest BCUT2D eigenvalue weighted by molar-refractivity contribution is -0.118. The Morgan fingerprint density at radius 3 is 2.83 bits per heavy atom. The average Bonchev–Trinajstić information content (AvgIpc) is 3.14. The van der Waals surface area contributed by atoms with Gasteiger partial charge in [0.05, 0.1) is 18.1 Å². The summed E-state index contributed by atoms with van der Waals surface area (Å²) in [5.74, 6) is -0.203. The molecule has 2 aromatic rings. The summed E-state index contributed by atoms with van der Waals surface area (Å²) in [5.41, 5.74) is 0.569. The topological polar surface area (TPSA) is 119 Å². The van der Waals surface area contributed by atoms with Gasteiger partial charge < -0.3 is 10.1 Å². The quantitative estimate of drug-likeness (QED) is 0.396. The summed E-state index contributed by atoms with van der Waals surface area (Å²) in [6.07, 6.45) is 0. The molecule has 0 unspecified atom stereocenters. The first kappa shape index (κ1) is 17.7. The lowest BCUT2D eigenvalue weighted by atomic mass is 10.4. The highest BCUT2D eigenvalue weighted by atomic mass is 32.2. The monoisotopic (exact) mass is 374 g/mol. The highest BCUT2D eigenvalue weighted by Crippen LogP contribution is 2.25. The molecule has 0 aliphatic rings. The molecule has 2 N–H and O–H groups in total. The molecule has 9 nitrogen and oxygen atoms in total. The van der Waals surface area contributed by atoms with E-state index in [-0.39, 0.29) is 17.6 Å². The van der Waals surface area contributed by atoms with Gasteiger partial charge in [-0.05, 0) is 18.5 Å². The number of nitrogens with zero attached hydrogens (tertiary/aromatic N) is 4. The lowest BCUT2D eigenvalue weighted by Crippen LogP contribution is -2.28. The van der Waals surface area contributed by atoms with Crippen LogP contribution in [0.25, 0.3) is 0 Å². The molecule has 0 aromatic carbocycles. The first-order valence-electron chi connectivity index (χ1n) is 6.42. The van der Waals surface area contributed by atoms with Gasteiger partial charge in [-0.3, -0.25) is 14.9 Å². The number of thioether (sulfide) groups is 1. The molecule has 0 fully saturated rings. The molecule has 2 amide bonds. The summed E-state index contributed by atoms with van der Waals surface area (Å²) in [5, 5.41) is 17.3. The molecule has 0 aliphatic carbocycles. The SMILES string of the molecule is COCCNC(=O)CSc1nnc(NC(=O)c2snnc2C)s1. The molecule has 0 spiro atoms. The molecule has 0 aliphatic heterocycles. The lowest BCUT2D eigenvalue weighted by Gasteiger charge is -2.02. The third-order valence-electron chi connectivity index (χ3n) is 2.44. The minimum Gasteiger partial charge on any atom is -0.383 e. The van der Waals surface area contributed by atoms with Gasteiger partial charge in [0.25, 0.3) is 5.91 Å². The second-order valence-corrected chi connectivity index (χ2v) is 7.10. The van der Waals surface area contributed by atoms with E-state index in [4.69, 9.17) is 4.74 Å². The van der Waals surface area contributed by atoms with E-state index in [0.717, 1.165) is 11.5 Å². The Morgan fingerprint density at radius 1 is 1.30 bits per heavy atom. The summed E-state index contributed by atoms with van der Waals surface area (Å²) in [6, 6.07) is 0. The van der Waals surface area contributed by atoms with Gasteiger partial charge in [-0.1, -0.05) is 27.6 Å². The van der Waals surface area contributed by atoms with Crippen molar-refractivity contribution in [3.63, 3.8) is 0 Å². The van der Waals surface area contributed by atoms with E-state index in [1.54, 1.807) is 14.0 Å². The van der Waals surface area contributed by atoms with Crippen LogP contribution in [0.15, 0.2) is 4.34 Å². The smallest absolute Gasteiger partial charge is 0.271 e. The second-order valence-electron chi connectivity index (χ2n) is 4.15. The van der Waals surface area contributed by atoms with Crippen molar-refractivity contribution in [3.8, 4) is 0 Å². The number of aryl methyl sites for hydroxylation is 1. The zero-order chi connectivity index (χ0) is 16.7. The highest BCUT2D eigenvalue weighted by Gasteiger charge is 2.16. The molecule has 124 valence electrons. The van der Waals surface area contributed by atoms with Crippen LogP contribution in [0.2, 0.25) is 0 Å². The zero-order valence-corrected chi connectivity index (χ0v) is 14.8. The summed E-state index contributed by atoms with van der Waals surface area (Å²) in [6.45, 7) is 2.65. The molecule has 2 aromatic heterocycles. The molecule has 2 rings (SSSR count). The number of hydrogen-bond acceptors (Lipinski definition) is 10. The number of ether oxygens (including phenoxy) is 1. The average molecular weight is 374 g/mol. The molecule has 0 saturated carbocycles. The van der Waals surface area contributed by atoms with Crippen molar-refractivity contribution < 1.29 is 14.3 Å². The van der Waals surface area contributed by atoms with E-state index in [1.165, 1.54) is 23.1 Å². The van der Waals surface area contributed by atoms with Crippen molar-refractivity contribution in [3.05, 3.63) is 10.6 Å². The van der Waals surface area contributed by atoms with Crippen molar-refractivity contribution in [2.45, 2.75) is 11.3 Å². The van der Waals surface area contributed by atoms with E-state index in [9.17, 15) is 9.59 Å². The van der Waals surface area contributed by atoms with Crippen molar-refractivity contribution in [2.24, 2.45) is 0 Å². The summed E-state index contributed by atoms with van der Waals surface area (Å²) < 4.78 is 9.15. The number of methoxy groups -OCH3 is 1. The van der Waals surface area contributed by atoms with Gasteiger partial charge in [0.15, 0.2) is 4.34 Å². The molecule has 23 heavy (non-hydrogen) atoms. The Kier molecular flexibility index (Phi) is 6.83. The van der Waals surface area contributed by atoms with Crippen LogP contribution in [0.3, 0.4) is 0 Å². The molecule has 0 bridgehead atoms. The summed E-state index contributed by atoms with van der Waals surface area (Å²) in [4.78, 5) is 24.0. The minimum absolute atomic E-state index is 0.112. The van der Waals surface area contributed by atoms with Crippen LogP contribution >= 0.6 is 34.6 Å². The van der Waals surface area contributed by atoms with Crippen LogP contribution < -0.4 is 10.6 Å². The van der Waals surface area contributed by atoms with Gasteiger partial charge in [-0.15, -0.1) is 15.3 Å². The summed E-state index contributed by atoms with van der Waals surface area (Å²) >= 11 is 3.48. The van der Waals surface area contributed by atoms with Crippen molar-refractivity contribution in [1.29, 1.82) is 0 Å². The van der Waals surface area contributed by atoms with E-state index >= 15 is 0 Å². The maximum absolute atomic E-state index is 12.0. The molecule has 0 radical (unpaired) electrons. The van der Waals surface area contributed by atoms with E-state index < -0.39 is 0 Å². The summed E-state index contributed by atoms with van der Waals surface area (Å²) in [7, 11) is 1.57. The Bertz CT molecular complexity index is 674. The van der Waals surface area contributed by atoms with E-state index in [1.807, 2.05) is 0 Å². The van der Waals surface area contributed by atoms with Crippen molar-refractivity contribution >= 4 is 51.6 Å². The number of anilines is 1. The zero-order valence-electron chi connectivity index (χ0n) is 12.4. The molecule has 0 atom stereocenters. The van der Waals surface area contributed by atoms with Crippen LogP contribution in [-0.2, 0) is 9.53 Å². The number of rotatable bonds is 8. The number of hydrogen-bond donors (Lipinski definition) is 2. The van der Waals surface area contributed by atoms with Gasteiger partial charge in [0.2, 0.25) is 11.0 Å². The number of carbonyl (C=O) groups excluding carboxylic acids is 2. The van der Waals surface area contributed by atoms with Gasteiger partial charge >= 0.3 is 0 Å². The Morgan fingerprint density at radius 2 is 2.13 bits per heavy atom. The largest absolute Gasteiger partial charge is 0.383 e. The first-order valence-corrected chi connectivity index (χ1v) is 9.00. The fraction of sp³-hybridized carbons (Fsp3) is 0.455. The minimum atomic E-state index is -0.317. The Labute approximate surface area is 144 Å².